The summed E-state index contributed by atoms with van der Waals surface area (Å²) < 4.78 is 0. The van der Waals surface area contributed by atoms with Crippen LogP contribution < -0.4 is 5.32 Å². The van der Waals surface area contributed by atoms with Crippen molar-refractivity contribution in [2.45, 2.75) is 67.0 Å². The highest BCUT2D eigenvalue weighted by molar-refractivity contribution is 7.11. The first kappa shape index (κ1) is 15.6. The van der Waals surface area contributed by atoms with Crippen LogP contribution in [-0.4, -0.2) is 11.0 Å². The SMILES string of the molecule is CC(C)Cc1nc(CC(C)C)c(CNC(C)C)s1. The predicted molar refractivity (Wildman–Crippen MR) is 81.2 cm³/mol. The molecule has 3 heteroatoms. The number of aromatic nitrogens is 1. The molecule has 0 aliphatic carbocycles. The number of hydrogen-bond donors (Lipinski definition) is 1. The lowest BCUT2D eigenvalue weighted by molar-refractivity contribution is 0.580. The zero-order valence-corrected chi connectivity index (χ0v) is 13.5. The quantitative estimate of drug-likeness (QED) is 0.807. The fourth-order valence-corrected chi connectivity index (χ4v) is 3.11. The predicted octanol–water partition coefficient (Wildman–Crippen LogP) is 4.04. The Morgan fingerprint density at radius 3 is 2.11 bits per heavy atom. The van der Waals surface area contributed by atoms with E-state index in [1.807, 2.05) is 11.3 Å². The summed E-state index contributed by atoms with van der Waals surface area (Å²) in [6, 6.07) is 0.535. The van der Waals surface area contributed by atoms with E-state index in [1.54, 1.807) is 0 Å². The highest BCUT2D eigenvalue weighted by atomic mass is 32.1. The van der Waals surface area contributed by atoms with E-state index in [-0.39, 0.29) is 0 Å². The van der Waals surface area contributed by atoms with Gasteiger partial charge < -0.3 is 5.32 Å². The van der Waals surface area contributed by atoms with Crippen molar-refractivity contribution in [1.29, 1.82) is 0 Å². The molecule has 0 unspecified atom stereocenters. The lowest BCUT2D eigenvalue weighted by Crippen LogP contribution is -2.22. The molecule has 0 atom stereocenters. The average molecular weight is 268 g/mol. The maximum atomic E-state index is 4.85. The molecule has 1 aromatic heterocycles. The lowest BCUT2D eigenvalue weighted by atomic mass is 10.1. The molecule has 1 N–H and O–H groups in total. The molecule has 0 saturated heterocycles. The summed E-state index contributed by atoms with van der Waals surface area (Å²) in [6.07, 6.45) is 2.21. The third-order valence-electron chi connectivity index (χ3n) is 2.68. The highest BCUT2D eigenvalue weighted by Gasteiger charge is 2.13. The first-order valence-corrected chi connectivity index (χ1v) is 7.91. The van der Waals surface area contributed by atoms with E-state index in [4.69, 9.17) is 4.98 Å². The number of thiazole rings is 1. The van der Waals surface area contributed by atoms with Crippen LogP contribution in [0.2, 0.25) is 0 Å². The minimum atomic E-state index is 0.535. The fourth-order valence-electron chi connectivity index (χ4n) is 1.85. The van der Waals surface area contributed by atoms with Crippen molar-refractivity contribution in [2.24, 2.45) is 11.8 Å². The van der Waals surface area contributed by atoms with E-state index < -0.39 is 0 Å². The molecular formula is C15H28N2S. The molecule has 0 saturated carbocycles. The first-order chi connectivity index (χ1) is 8.38. The second kappa shape index (κ2) is 7.25. The van der Waals surface area contributed by atoms with Gasteiger partial charge in [-0.05, 0) is 18.3 Å². The monoisotopic (exact) mass is 268 g/mol. The second-order valence-corrected chi connectivity index (χ2v) is 7.38. The minimum Gasteiger partial charge on any atom is -0.310 e. The van der Waals surface area contributed by atoms with Gasteiger partial charge in [0, 0.05) is 23.9 Å². The molecule has 1 heterocycles. The van der Waals surface area contributed by atoms with Crippen LogP contribution in [0.15, 0.2) is 0 Å². The molecule has 0 fully saturated rings. The standard InChI is InChI=1S/C15H28N2S/c1-10(2)7-13-14(9-16-12(5)6)18-15(17-13)8-11(3)4/h10-12,16H,7-9H2,1-6H3. The van der Waals surface area contributed by atoms with Crippen LogP contribution in [0.3, 0.4) is 0 Å². The summed E-state index contributed by atoms with van der Waals surface area (Å²) >= 11 is 1.90. The van der Waals surface area contributed by atoms with E-state index >= 15 is 0 Å². The average Bonchev–Trinajstić information content (AvgIpc) is 2.55. The van der Waals surface area contributed by atoms with Crippen molar-refractivity contribution < 1.29 is 0 Å². The maximum Gasteiger partial charge on any atom is 0.0934 e. The van der Waals surface area contributed by atoms with Crippen LogP contribution in [0.25, 0.3) is 0 Å². The molecule has 0 bridgehead atoms. The van der Waals surface area contributed by atoms with Crippen molar-refractivity contribution >= 4 is 11.3 Å². The van der Waals surface area contributed by atoms with Crippen LogP contribution in [0.4, 0.5) is 0 Å². The van der Waals surface area contributed by atoms with Gasteiger partial charge in [0.15, 0.2) is 0 Å². The van der Waals surface area contributed by atoms with Crippen LogP contribution in [0, 0.1) is 11.8 Å². The van der Waals surface area contributed by atoms with Gasteiger partial charge in [-0.1, -0.05) is 41.5 Å². The molecule has 0 amide bonds. The summed E-state index contributed by atoms with van der Waals surface area (Å²) in [5.74, 6) is 1.37. The van der Waals surface area contributed by atoms with E-state index in [1.165, 1.54) is 15.6 Å². The molecular weight excluding hydrogens is 240 g/mol. The third-order valence-corrected chi connectivity index (χ3v) is 3.80. The summed E-state index contributed by atoms with van der Waals surface area (Å²) in [5, 5.41) is 4.82. The summed E-state index contributed by atoms with van der Waals surface area (Å²) in [7, 11) is 0. The Hall–Kier alpha value is -0.410. The van der Waals surface area contributed by atoms with Crippen LogP contribution in [0.5, 0.6) is 0 Å². The normalized spacial score (nSPS) is 12.1. The minimum absolute atomic E-state index is 0.535. The van der Waals surface area contributed by atoms with E-state index in [2.05, 4.69) is 46.9 Å². The first-order valence-electron chi connectivity index (χ1n) is 7.09. The van der Waals surface area contributed by atoms with Crippen molar-refractivity contribution in [1.82, 2.24) is 10.3 Å². The molecule has 0 aliphatic heterocycles. The molecule has 18 heavy (non-hydrogen) atoms. The summed E-state index contributed by atoms with van der Waals surface area (Å²) in [6.45, 7) is 14.4. The zero-order chi connectivity index (χ0) is 13.7. The Morgan fingerprint density at radius 2 is 1.61 bits per heavy atom. The van der Waals surface area contributed by atoms with E-state index in [9.17, 15) is 0 Å². The highest BCUT2D eigenvalue weighted by Crippen LogP contribution is 2.23. The van der Waals surface area contributed by atoms with Crippen LogP contribution in [0.1, 0.15) is 57.1 Å². The second-order valence-electron chi connectivity index (χ2n) is 6.21. The molecule has 0 aliphatic rings. The largest absolute Gasteiger partial charge is 0.310 e. The molecule has 1 rings (SSSR count). The van der Waals surface area contributed by atoms with Gasteiger partial charge in [0.05, 0.1) is 10.7 Å². The smallest absolute Gasteiger partial charge is 0.0934 e. The van der Waals surface area contributed by atoms with Gasteiger partial charge in [0.1, 0.15) is 0 Å². The number of nitrogens with zero attached hydrogens (tertiary/aromatic N) is 1. The number of nitrogens with one attached hydrogen (secondary N) is 1. The maximum absolute atomic E-state index is 4.85. The Balaban J connectivity index is 2.79. The summed E-state index contributed by atoms with van der Waals surface area (Å²) in [5.41, 5.74) is 1.32. The van der Waals surface area contributed by atoms with Gasteiger partial charge in [0.2, 0.25) is 0 Å². The van der Waals surface area contributed by atoms with Crippen molar-refractivity contribution in [2.75, 3.05) is 0 Å². The van der Waals surface area contributed by atoms with Gasteiger partial charge >= 0.3 is 0 Å². The Kier molecular flexibility index (Phi) is 6.30. The molecule has 0 aromatic carbocycles. The molecule has 2 nitrogen and oxygen atoms in total. The third kappa shape index (κ3) is 5.49. The van der Waals surface area contributed by atoms with Gasteiger partial charge in [0.25, 0.3) is 0 Å². The Bertz CT molecular complexity index is 353. The van der Waals surface area contributed by atoms with Gasteiger partial charge in [-0.2, -0.15) is 0 Å². The van der Waals surface area contributed by atoms with Crippen LogP contribution >= 0.6 is 11.3 Å². The molecule has 104 valence electrons. The Morgan fingerprint density at radius 1 is 1.00 bits per heavy atom. The molecule has 0 spiro atoms. The molecule has 0 radical (unpaired) electrons. The topological polar surface area (TPSA) is 24.9 Å². The number of rotatable bonds is 7. The Labute approximate surface area is 116 Å². The van der Waals surface area contributed by atoms with Crippen molar-refractivity contribution in [3.05, 3.63) is 15.6 Å². The lowest BCUT2D eigenvalue weighted by Gasteiger charge is -2.08. The van der Waals surface area contributed by atoms with Crippen LogP contribution in [-0.2, 0) is 19.4 Å². The van der Waals surface area contributed by atoms with Crippen molar-refractivity contribution in [3.8, 4) is 0 Å². The van der Waals surface area contributed by atoms with Gasteiger partial charge in [-0.3, -0.25) is 0 Å². The summed E-state index contributed by atoms with van der Waals surface area (Å²) in [4.78, 5) is 6.28. The van der Waals surface area contributed by atoms with Crippen molar-refractivity contribution in [3.63, 3.8) is 0 Å². The fraction of sp³-hybridized carbons (Fsp3) is 0.800. The molecule has 1 aromatic rings. The van der Waals surface area contributed by atoms with Gasteiger partial charge in [-0.15, -0.1) is 11.3 Å². The zero-order valence-electron chi connectivity index (χ0n) is 12.7. The van der Waals surface area contributed by atoms with E-state index in [0.717, 1.165) is 19.4 Å². The van der Waals surface area contributed by atoms with Gasteiger partial charge in [-0.25, -0.2) is 4.98 Å². The number of hydrogen-bond acceptors (Lipinski definition) is 3. The van der Waals surface area contributed by atoms with E-state index in [0.29, 0.717) is 17.9 Å².